The number of hydrogen-bond donors (Lipinski definition) is 2. The molecular weight excluding hydrogens is 250 g/mol. The van der Waals surface area contributed by atoms with Gasteiger partial charge in [-0.2, -0.15) is 0 Å². The molecule has 0 radical (unpaired) electrons. The van der Waals surface area contributed by atoms with Gasteiger partial charge in [-0.1, -0.05) is 5.57 Å². The highest BCUT2D eigenvalue weighted by atomic mass is 32.2. The Kier molecular flexibility index (Phi) is 3.76. The van der Waals surface area contributed by atoms with Crippen molar-refractivity contribution in [1.82, 2.24) is 4.72 Å². The number of fused-ring (bicyclic) bond motifs is 3. The fourth-order valence-corrected chi connectivity index (χ4v) is 3.67. The Morgan fingerprint density at radius 3 is 2.39 bits per heavy atom. The summed E-state index contributed by atoms with van der Waals surface area (Å²) in [7, 11) is 0. The lowest BCUT2D eigenvalue weighted by molar-refractivity contribution is -0.133. The molecule has 3 rings (SSSR count). The minimum Gasteiger partial charge on any atom is -0.598 e. The third kappa shape index (κ3) is 2.58. The maximum atomic E-state index is 12.2. The summed E-state index contributed by atoms with van der Waals surface area (Å²) in [6, 6.07) is -0.236. The highest BCUT2D eigenvalue weighted by Gasteiger charge is 2.42. The molecule has 0 aromatic rings. The van der Waals surface area contributed by atoms with Crippen molar-refractivity contribution >= 4 is 17.3 Å². The minimum atomic E-state index is -1.22. The second-order valence-electron chi connectivity index (χ2n) is 6.14. The van der Waals surface area contributed by atoms with Crippen LogP contribution in [0.5, 0.6) is 0 Å². The average Bonchev–Trinajstić information content (AvgIpc) is 2.28. The van der Waals surface area contributed by atoms with Gasteiger partial charge in [0.2, 0.25) is 0 Å². The SMILES string of the molecule is CC(C)(C)[S@+]([O-])N[C@@H]1C(C(=O)O)=C2CCC1CC2. The molecule has 4 nitrogen and oxygen atoms in total. The third-order valence-corrected chi connectivity index (χ3v) is 5.40. The van der Waals surface area contributed by atoms with Crippen LogP contribution in [0.4, 0.5) is 0 Å². The number of carboxylic acids is 1. The lowest BCUT2D eigenvalue weighted by atomic mass is 9.70. The molecule has 1 fully saturated rings. The molecule has 0 aromatic carbocycles. The molecule has 2 bridgehead atoms. The predicted molar refractivity (Wildman–Crippen MR) is 71.4 cm³/mol. The van der Waals surface area contributed by atoms with Crippen molar-refractivity contribution in [1.29, 1.82) is 0 Å². The monoisotopic (exact) mass is 271 g/mol. The van der Waals surface area contributed by atoms with Crippen molar-refractivity contribution in [2.75, 3.05) is 0 Å². The van der Waals surface area contributed by atoms with Gasteiger partial charge in [-0.15, -0.1) is 4.72 Å². The molecule has 3 aliphatic rings. The van der Waals surface area contributed by atoms with Crippen molar-refractivity contribution in [3.8, 4) is 0 Å². The van der Waals surface area contributed by atoms with Gasteiger partial charge in [0.25, 0.3) is 0 Å². The van der Waals surface area contributed by atoms with E-state index in [1.807, 2.05) is 20.8 Å². The Bertz CT molecular complexity index is 376. The van der Waals surface area contributed by atoms with Gasteiger partial charge >= 0.3 is 5.97 Å². The van der Waals surface area contributed by atoms with E-state index in [2.05, 4.69) is 4.72 Å². The molecule has 0 aliphatic heterocycles. The first-order valence-corrected chi connectivity index (χ1v) is 7.59. The summed E-state index contributed by atoms with van der Waals surface area (Å²) in [6.07, 6.45) is 3.83. The maximum absolute atomic E-state index is 12.2. The molecule has 1 saturated carbocycles. The van der Waals surface area contributed by atoms with Crippen molar-refractivity contribution in [2.45, 2.75) is 57.2 Å². The van der Waals surface area contributed by atoms with Crippen LogP contribution < -0.4 is 4.72 Å². The molecule has 2 atom stereocenters. The van der Waals surface area contributed by atoms with Gasteiger partial charge in [0.05, 0.1) is 11.6 Å². The van der Waals surface area contributed by atoms with Crippen LogP contribution in [0.25, 0.3) is 0 Å². The summed E-state index contributed by atoms with van der Waals surface area (Å²) >= 11 is -1.22. The number of allylic oxidation sites excluding steroid dienone is 1. The Hall–Kier alpha value is -0.520. The largest absolute Gasteiger partial charge is 0.598 e. The topological polar surface area (TPSA) is 72.4 Å². The number of aliphatic carboxylic acids is 1. The summed E-state index contributed by atoms with van der Waals surface area (Å²) in [5, 5.41) is 9.35. The summed E-state index contributed by atoms with van der Waals surface area (Å²) in [5.41, 5.74) is 1.53. The highest BCUT2D eigenvalue weighted by molar-refractivity contribution is 7.90. The van der Waals surface area contributed by atoms with Gasteiger partial charge in [0.15, 0.2) is 0 Å². The molecule has 102 valence electrons. The van der Waals surface area contributed by atoms with Gasteiger partial charge in [-0.05, 0) is 52.4 Å². The van der Waals surface area contributed by atoms with E-state index in [0.717, 1.165) is 31.3 Å². The van der Waals surface area contributed by atoms with Gasteiger partial charge in [-0.3, -0.25) is 0 Å². The lowest BCUT2D eigenvalue weighted by Crippen LogP contribution is -2.52. The smallest absolute Gasteiger partial charge is 0.333 e. The van der Waals surface area contributed by atoms with Crippen LogP contribution in [0.3, 0.4) is 0 Å². The molecule has 0 heterocycles. The molecule has 0 aromatic heterocycles. The second-order valence-corrected chi connectivity index (χ2v) is 8.13. The van der Waals surface area contributed by atoms with Crippen molar-refractivity contribution in [3.63, 3.8) is 0 Å². The molecule has 3 aliphatic carbocycles. The van der Waals surface area contributed by atoms with E-state index < -0.39 is 17.3 Å². The van der Waals surface area contributed by atoms with Crippen LogP contribution >= 0.6 is 0 Å². The molecule has 0 unspecified atom stereocenters. The van der Waals surface area contributed by atoms with E-state index >= 15 is 0 Å². The zero-order valence-corrected chi connectivity index (χ0v) is 12.0. The molecular formula is C13H21NO3S. The summed E-state index contributed by atoms with van der Waals surface area (Å²) < 4.78 is 14.8. The minimum absolute atomic E-state index is 0.236. The van der Waals surface area contributed by atoms with Crippen LogP contribution in [-0.4, -0.2) is 26.4 Å². The maximum Gasteiger partial charge on any atom is 0.333 e. The molecule has 0 amide bonds. The summed E-state index contributed by atoms with van der Waals surface area (Å²) in [5.74, 6) is -0.530. The fraction of sp³-hybridized carbons (Fsp3) is 0.769. The first kappa shape index (κ1) is 13.9. The van der Waals surface area contributed by atoms with Gasteiger partial charge < -0.3 is 9.66 Å². The van der Waals surface area contributed by atoms with Crippen molar-refractivity contribution in [3.05, 3.63) is 11.1 Å². The molecule has 0 spiro atoms. The van der Waals surface area contributed by atoms with Crippen LogP contribution in [-0.2, 0) is 16.2 Å². The van der Waals surface area contributed by atoms with E-state index in [-0.39, 0.29) is 10.8 Å². The Balaban J connectivity index is 2.21. The normalized spacial score (nSPS) is 29.6. The van der Waals surface area contributed by atoms with E-state index in [4.69, 9.17) is 0 Å². The van der Waals surface area contributed by atoms with E-state index in [0.29, 0.717) is 11.5 Å². The Morgan fingerprint density at radius 1 is 1.39 bits per heavy atom. The second kappa shape index (κ2) is 4.87. The van der Waals surface area contributed by atoms with Crippen LogP contribution in [0.1, 0.15) is 46.5 Å². The number of carboxylic acid groups (broad SMARTS) is 1. The van der Waals surface area contributed by atoms with Crippen molar-refractivity contribution in [2.24, 2.45) is 5.92 Å². The van der Waals surface area contributed by atoms with E-state index in [9.17, 15) is 14.5 Å². The number of rotatable bonds is 3. The van der Waals surface area contributed by atoms with Gasteiger partial charge in [0, 0.05) is 11.4 Å². The lowest BCUT2D eigenvalue weighted by Gasteiger charge is -2.40. The summed E-state index contributed by atoms with van der Waals surface area (Å²) in [4.78, 5) is 11.4. The van der Waals surface area contributed by atoms with Gasteiger partial charge in [-0.25, -0.2) is 4.79 Å². The quantitative estimate of drug-likeness (QED) is 0.770. The third-order valence-electron chi connectivity index (χ3n) is 3.82. The van der Waals surface area contributed by atoms with Crippen LogP contribution in [0.2, 0.25) is 0 Å². The number of nitrogens with one attached hydrogen (secondary N) is 1. The van der Waals surface area contributed by atoms with E-state index in [1.54, 1.807) is 0 Å². The zero-order chi connectivity index (χ0) is 13.5. The summed E-state index contributed by atoms with van der Waals surface area (Å²) in [6.45, 7) is 5.68. The highest BCUT2D eigenvalue weighted by Crippen LogP contribution is 2.42. The predicted octanol–water partition coefficient (Wildman–Crippen LogP) is 1.99. The standard InChI is InChI=1S/C13H21NO3S/c1-13(2,3)18(17)14-11-9-6-4-8(5-7-9)10(11)12(15)16/h9,11,14H,4-7H2,1-3H3,(H,15,16)/t11-,18-/m0/s1. The first-order chi connectivity index (χ1) is 8.30. The number of carbonyl (C=O) groups is 1. The Labute approximate surface area is 111 Å². The molecule has 5 heteroatoms. The Morgan fingerprint density at radius 2 is 1.94 bits per heavy atom. The van der Waals surface area contributed by atoms with Crippen LogP contribution in [0, 0.1) is 5.92 Å². The molecule has 0 saturated heterocycles. The average molecular weight is 271 g/mol. The molecule has 18 heavy (non-hydrogen) atoms. The number of hydrogen-bond acceptors (Lipinski definition) is 3. The van der Waals surface area contributed by atoms with Gasteiger partial charge in [0.1, 0.15) is 4.75 Å². The van der Waals surface area contributed by atoms with Crippen molar-refractivity contribution < 1.29 is 14.5 Å². The first-order valence-electron chi connectivity index (χ1n) is 6.44. The molecule has 2 N–H and O–H groups in total. The fourth-order valence-electron chi connectivity index (χ4n) is 2.78. The van der Waals surface area contributed by atoms with E-state index in [1.165, 1.54) is 0 Å². The van der Waals surface area contributed by atoms with Crippen LogP contribution in [0.15, 0.2) is 11.1 Å². The zero-order valence-electron chi connectivity index (χ0n) is 11.2.